The van der Waals surface area contributed by atoms with Crippen LogP contribution in [0.4, 0.5) is 5.82 Å². The molecule has 2 aromatic heterocycles. The van der Waals surface area contributed by atoms with Crippen molar-refractivity contribution >= 4 is 11.8 Å². The van der Waals surface area contributed by atoms with Crippen LogP contribution in [0, 0.1) is 0 Å². The second-order valence-electron chi connectivity index (χ2n) is 3.30. The van der Waals surface area contributed by atoms with E-state index in [4.69, 9.17) is 10.5 Å². The van der Waals surface area contributed by atoms with Gasteiger partial charge >= 0.3 is 5.97 Å². The van der Waals surface area contributed by atoms with Crippen LogP contribution in [0.5, 0.6) is 0 Å². The van der Waals surface area contributed by atoms with Crippen LogP contribution in [0.3, 0.4) is 0 Å². The van der Waals surface area contributed by atoms with Crippen molar-refractivity contribution in [3.63, 3.8) is 0 Å². The Morgan fingerprint density at radius 3 is 2.83 bits per heavy atom. The van der Waals surface area contributed by atoms with E-state index in [2.05, 4.69) is 20.2 Å². The quantitative estimate of drug-likeness (QED) is 0.793. The van der Waals surface area contributed by atoms with Crippen LogP contribution in [0.15, 0.2) is 24.4 Å². The molecule has 2 heterocycles. The molecule has 0 aliphatic heterocycles. The normalized spacial score (nSPS) is 10.1. The third kappa shape index (κ3) is 2.40. The Balaban J connectivity index is 2.34. The summed E-state index contributed by atoms with van der Waals surface area (Å²) in [4.78, 5) is 19.5. The van der Waals surface area contributed by atoms with E-state index in [1.165, 1.54) is 0 Å². The second-order valence-corrected chi connectivity index (χ2v) is 3.30. The van der Waals surface area contributed by atoms with Gasteiger partial charge in [0.05, 0.1) is 6.61 Å². The van der Waals surface area contributed by atoms with Crippen LogP contribution in [0.25, 0.3) is 11.5 Å². The van der Waals surface area contributed by atoms with E-state index in [-0.39, 0.29) is 23.9 Å². The molecule has 0 aliphatic rings. The number of ether oxygens (including phenoxy) is 1. The van der Waals surface area contributed by atoms with Crippen molar-refractivity contribution in [1.82, 2.24) is 20.2 Å². The first-order valence-electron chi connectivity index (χ1n) is 5.31. The van der Waals surface area contributed by atoms with Gasteiger partial charge in [-0.3, -0.25) is 4.98 Å². The fourth-order valence-electron chi connectivity index (χ4n) is 1.29. The molecule has 2 aromatic rings. The number of carbonyl (C=O) groups is 1. The molecule has 0 aromatic carbocycles. The Kier molecular flexibility index (Phi) is 3.42. The lowest BCUT2D eigenvalue weighted by Gasteiger charge is -2.04. The van der Waals surface area contributed by atoms with Crippen LogP contribution >= 0.6 is 0 Å². The van der Waals surface area contributed by atoms with Crippen molar-refractivity contribution in [2.45, 2.75) is 6.92 Å². The van der Waals surface area contributed by atoms with Gasteiger partial charge < -0.3 is 10.5 Å². The highest BCUT2D eigenvalue weighted by Crippen LogP contribution is 2.13. The molecule has 0 aliphatic carbocycles. The number of esters is 1. The zero-order valence-electron chi connectivity index (χ0n) is 9.70. The zero-order chi connectivity index (χ0) is 13.0. The molecule has 7 nitrogen and oxygen atoms in total. The van der Waals surface area contributed by atoms with Crippen molar-refractivity contribution in [2.24, 2.45) is 0 Å². The lowest BCUT2D eigenvalue weighted by atomic mass is 10.3. The summed E-state index contributed by atoms with van der Waals surface area (Å²) in [5, 5.41) is 7.53. The highest BCUT2D eigenvalue weighted by Gasteiger charge is 2.16. The molecule has 0 amide bonds. The van der Waals surface area contributed by atoms with Gasteiger partial charge in [0.2, 0.25) is 11.5 Å². The van der Waals surface area contributed by atoms with E-state index >= 15 is 0 Å². The minimum Gasteiger partial charge on any atom is -0.461 e. The molecule has 18 heavy (non-hydrogen) atoms. The third-order valence-electron chi connectivity index (χ3n) is 2.08. The van der Waals surface area contributed by atoms with Crippen molar-refractivity contribution in [2.75, 3.05) is 12.3 Å². The number of anilines is 1. The van der Waals surface area contributed by atoms with Gasteiger partial charge in [0, 0.05) is 6.20 Å². The topological polar surface area (TPSA) is 104 Å². The number of rotatable bonds is 3. The number of nitrogen functional groups attached to an aromatic ring is 1. The van der Waals surface area contributed by atoms with E-state index < -0.39 is 5.97 Å². The monoisotopic (exact) mass is 245 g/mol. The van der Waals surface area contributed by atoms with Crippen LogP contribution < -0.4 is 5.73 Å². The van der Waals surface area contributed by atoms with E-state index in [0.717, 1.165) is 0 Å². The number of nitrogens with zero attached hydrogens (tertiary/aromatic N) is 4. The van der Waals surface area contributed by atoms with Gasteiger partial charge in [-0.25, -0.2) is 9.78 Å². The minimum absolute atomic E-state index is 0.0240. The summed E-state index contributed by atoms with van der Waals surface area (Å²) in [6.45, 7) is 1.93. The number of nitrogens with two attached hydrogens (primary N) is 1. The van der Waals surface area contributed by atoms with Gasteiger partial charge in [0.15, 0.2) is 5.82 Å². The molecule has 0 fully saturated rings. The van der Waals surface area contributed by atoms with Crippen LogP contribution in [0.1, 0.15) is 17.4 Å². The smallest absolute Gasteiger partial charge is 0.362 e. The number of hydrogen-bond donors (Lipinski definition) is 1. The van der Waals surface area contributed by atoms with Crippen LogP contribution in [0.2, 0.25) is 0 Å². The molecular weight excluding hydrogens is 234 g/mol. The van der Waals surface area contributed by atoms with Crippen LogP contribution in [-0.2, 0) is 4.74 Å². The largest absolute Gasteiger partial charge is 0.461 e. The predicted octanol–water partition coefficient (Wildman–Crippen LogP) is 0.693. The molecule has 92 valence electrons. The lowest BCUT2D eigenvalue weighted by molar-refractivity contribution is 0.0519. The van der Waals surface area contributed by atoms with Gasteiger partial charge in [-0.2, -0.15) is 0 Å². The summed E-state index contributed by atoms with van der Waals surface area (Å²) in [5.41, 5.74) is 6.10. The average molecular weight is 245 g/mol. The fourth-order valence-corrected chi connectivity index (χ4v) is 1.29. The molecule has 0 spiro atoms. The summed E-state index contributed by atoms with van der Waals surface area (Å²) < 4.78 is 4.78. The SMILES string of the molecule is CCOC(=O)c1nnc(-c2ccccn2)nc1N. The Morgan fingerprint density at radius 1 is 1.39 bits per heavy atom. The summed E-state index contributed by atoms with van der Waals surface area (Å²) >= 11 is 0. The molecule has 0 unspecified atom stereocenters. The van der Waals surface area contributed by atoms with E-state index in [0.29, 0.717) is 5.69 Å². The molecule has 0 saturated heterocycles. The summed E-state index contributed by atoms with van der Waals surface area (Å²) in [5.74, 6) is -0.396. The van der Waals surface area contributed by atoms with Crippen molar-refractivity contribution in [3.05, 3.63) is 30.1 Å². The first-order valence-corrected chi connectivity index (χ1v) is 5.31. The highest BCUT2D eigenvalue weighted by atomic mass is 16.5. The number of pyridine rings is 1. The summed E-state index contributed by atoms with van der Waals surface area (Å²) in [6, 6.07) is 5.29. The van der Waals surface area contributed by atoms with Crippen molar-refractivity contribution in [1.29, 1.82) is 0 Å². The minimum atomic E-state index is -0.637. The van der Waals surface area contributed by atoms with Gasteiger partial charge in [-0.15, -0.1) is 10.2 Å². The third-order valence-corrected chi connectivity index (χ3v) is 2.08. The summed E-state index contributed by atoms with van der Waals surface area (Å²) in [6.07, 6.45) is 1.61. The highest BCUT2D eigenvalue weighted by molar-refractivity contribution is 5.91. The average Bonchev–Trinajstić information content (AvgIpc) is 2.40. The van der Waals surface area contributed by atoms with Crippen molar-refractivity contribution < 1.29 is 9.53 Å². The first-order chi connectivity index (χ1) is 8.72. The Labute approximate surface area is 103 Å². The van der Waals surface area contributed by atoms with E-state index in [9.17, 15) is 4.79 Å². The lowest BCUT2D eigenvalue weighted by Crippen LogP contribution is -2.13. The first kappa shape index (κ1) is 11.9. The Morgan fingerprint density at radius 2 is 2.22 bits per heavy atom. The summed E-state index contributed by atoms with van der Waals surface area (Å²) in [7, 11) is 0. The maximum Gasteiger partial charge on any atom is 0.362 e. The molecule has 0 saturated carbocycles. The van der Waals surface area contributed by atoms with Gasteiger partial charge in [0.1, 0.15) is 5.69 Å². The maximum absolute atomic E-state index is 11.5. The molecule has 0 atom stereocenters. The fraction of sp³-hybridized carbons (Fsp3) is 0.182. The Hall–Kier alpha value is -2.57. The van der Waals surface area contributed by atoms with E-state index in [1.807, 2.05) is 0 Å². The number of hydrogen-bond acceptors (Lipinski definition) is 7. The van der Waals surface area contributed by atoms with E-state index in [1.54, 1.807) is 31.3 Å². The molecule has 7 heteroatoms. The number of carbonyl (C=O) groups excluding carboxylic acids is 1. The molecule has 0 radical (unpaired) electrons. The molecular formula is C11H11N5O2. The Bertz CT molecular complexity index is 559. The van der Waals surface area contributed by atoms with Crippen LogP contribution in [-0.4, -0.2) is 32.7 Å². The van der Waals surface area contributed by atoms with Gasteiger partial charge in [-0.05, 0) is 19.1 Å². The standard InChI is InChI=1S/C11H11N5O2/c1-2-18-11(17)8-9(12)14-10(16-15-8)7-5-3-4-6-13-7/h3-6H,2H2,1H3,(H2,12,14,16). The number of aromatic nitrogens is 4. The molecule has 2 N–H and O–H groups in total. The maximum atomic E-state index is 11.5. The second kappa shape index (κ2) is 5.17. The zero-order valence-corrected chi connectivity index (χ0v) is 9.70. The van der Waals surface area contributed by atoms with Gasteiger partial charge in [-0.1, -0.05) is 6.07 Å². The van der Waals surface area contributed by atoms with Crippen molar-refractivity contribution in [3.8, 4) is 11.5 Å². The predicted molar refractivity (Wildman–Crippen MR) is 63.4 cm³/mol. The molecule has 0 bridgehead atoms. The molecule has 2 rings (SSSR count). The van der Waals surface area contributed by atoms with Gasteiger partial charge in [0.25, 0.3) is 0 Å².